The van der Waals surface area contributed by atoms with Crippen LogP contribution in [0.15, 0.2) is 36.9 Å². The van der Waals surface area contributed by atoms with Crippen molar-refractivity contribution < 1.29 is 9.53 Å². The van der Waals surface area contributed by atoms with Crippen LogP contribution in [0.25, 0.3) is 0 Å². The average molecular weight is 275 g/mol. The van der Waals surface area contributed by atoms with Crippen LogP contribution >= 0.6 is 0 Å². The minimum Gasteiger partial charge on any atom is -0.480 e. The van der Waals surface area contributed by atoms with Crippen molar-refractivity contribution in [3.8, 4) is 5.75 Å². The molecule has 1 atom stereocenters. The zero-order chi connectivity index (χ0) is 15.0. The molecule has 0 fully saturated rings. The molecule has 3 nitrogen and oxygen atoms in total. The maximum Gasteiger partial charge on any atom is 0.263 e. The zero-order valence-corrected chi connectivity index (χ0v) is 12.8. The lowest BCUT2D eigenvalue weighted by molar-refractivity contribution is -0.138. The predicted molar refractivity (Wildman–Crippen MR) is 83.0 cm³/mol. The Morgan fingerprint density at radius 2 is 1.95 bits per heavy atom. The van der Waals surface area contributed by atoms with E-state index < -0.39 is 6.10 Å². The summed E-state index contributed by atoms with van der Waals surface area (Å²) < 4.78 is 5.95. The number of carbonyl (C=O) groups is 1. The first-order valence-electron chi connectivity index (χ1n) is 7.32. The second-order valence-electron chi connectivity index (χ2n) is 4.63. The second-order valence-corrected chi connectivity index (χ2v) is 4.63. The van der Waals surface area contributed by atoms with E-state index in [0.29, 0.717) is 19.5 Å². The number of amides is 1. The normalized spacial score (nSPS) is 11.8. The maximum absolute atomic E-state index is 12.4. The summed E-state index contributed by atoms with van der Waals surface area (Å²) in [6, 6.07) is 7.82. The molecule has 0 N–H and O–H groups in total. The molecule has 0 saturated carbocycles. The Bertz CT molecular complexity index is 438. The Morgan fingerprint density at radius 1 is 1.30 bits per heavy atom. The molecule has 0 aliphatic heterocycles. The first-order valence-corrected chi connectivity index (χ1v) is 7.32. The van der Waals surface area contributed by atoms with Crippen LogP contribution in [0, 0.1) is 0 Å². The van der Waals surface area contributed by atoms with E-state index in [4.69, 9.17) is 4.74 Å². The third-order valence-corrected chi connectivity index (χ3v) is 3.33. The Labute approximate surface area is 122 Å². The highest BCUT2D eigenvalue weighted by molar-refractivity contribution is 5.81. The molecule has 0 spiro atoms. The van der Waals surface area contributed by atoms with Gasteiger partial charge in [0.2, 0.25) is 0 Å². The van der Waals surface area contributed by atoms with E-state index in [0.717, 1.165) is 17.7 Å². The molecule has 20 heavy (non-hydrogen) atoms. The summed E-state index contributed by atoms with van der Waals surface area (Å²) in [4.78, 5) is 14.2. The summed E-state index contributed by atoms with van der Waals surface area (Å²) in [5.74, 6) is 0.839. The van der Waals surface area contributed by atoms with Crippen LogP contribution < -0.4 is 4.74 Å². The number of para-hydroxylation sites is 1. The van der Waals surface area contributed by atoms with E-state index in [1.807, 2.05) is 56.0 Å². The van der Waals surface area contributed by atoms with Crippen molar-refractivity contribution in [3.05, 3.63) is 42.5 Å². The van der Waals surface area contributed by atoms with Gasteiger partial charge in [-0.3, -0.25) is 4.79 Å². The van der Waals surface area contributed by atoms with E-state index >= 15 is 0 Å². The van der Waals surface area contributed by atoms with Crippen LogP contribution in [0.2, 0.25) is 0 Å². The molecule has 1 aromatic rings. The third-order valence-electron chi connectivity index (χ3n) is 3.33. The van der Waals surface area contributed by atoms with Crippen molar-refractivity contribution >= 4 is 5.91 Å². The lowest BCUT2D eigenvalue weighted by atomic mass is 10.1. The smallest absolute Gasteiger partial charge is 0.263 e. The van der Waals surface area contributed by atoms with Crippen LogP contribution in [0.4, 0.5) is 0 Å². The molecule has 0 aromatic heterocycles. The molecule has 0 unspecified atom stereocenters. The van der Waals surface area contributed by atoms with Crippen LogP contribution in [-0.2, 0) is 11.2 Å². The zero-order valence-electron chi connectivity index (χ0n) is 12.8. The quantitative estimate of drug-likeness (QED) is 0.680. The molecule has 0 heterocycles. The first-order chi connectivity index (χ1) is 9.67. The minimum atomic E-state index is -0.416. The summed E-state index contributed by atoms with van der Waals surface area (Å²) in [5, 5.41) is 0. The van der Waals surface area contributed by atoms with E-state index in [9.17, 15) is 4.79 Å². The summed E-state index contributed by atoms with van der Waals surface area (Å²) in [6.07, 6.45) is 2.83. The van der Waals surface area contributed by atoms with Gasteiger partial charge in [-0.25, -0.2) is 0 Å². The fourth-order valence-electron chi connectivity index (χ4n) is 2.14. The number of carbonyl (C=O) groups excluding carboxylic acids is 1. The van der Waals surface area contributed by atoms with Crippen molar-refractivity contribution in [2.24, 2.45) is 0 Å². The molecule has 1 amide bonds. The molecule has 0 radical (unpaired) electrons. The Kier molecular flexibility index (Phi) is 6.85. The fourth-order valence-corrected chi connectivity index (χ4v) is 2.14. The van der Waals surface area contributed by atoms with Gasteiger partial charge in [-0.15, -0.1) is 6.58 Å². The number of rotatable bonds is 8. The number of likely N-dealkylation sites (N-methyl/N-ethyl adjacent to an activating group) is 1. The third kappa shape index (κ3) is 4.12. The molecule has 3 heteroatoms. The summed E-state index contributed by atoms with van der Waals surface area (Å²) >= 11 is 0. The Balaban J connectivity index is 2.88. The average Bonchev–Trinajstić information content (AvgIpc) is 2.47. The van der Waals surface area contributed by atoms with Crippen LogP contribution in [-0.4, -0.2) is 30.0 Å². The first kappa shape index (κ1) is 16.3. The van der Waals surface area contributed by atoms with E-state index in [1.165, 1.54) is 0 Å². The highest BCUT2D eigenvalue weighted by Crippen LogP contribution is 2.21. The predicted octanol–water partition coefficient (Wildman–Crippen LogP) is 3.44. The molecular formula is C17H25NO2. The van der Waals surface area contributed by atoms with Gasteiger partial charge < -0.3 is 9.64 Å². The van der Waals surface area contributed by atoms with Crippen LogP contribution in [0.5, 0.6) is 5.75 Å². The number of hydrogen-bond donors (Lipinski definition) is 0. The molecule has 0 saturated heterocycles. The Morgan fingerprint density at radius 3 is 2.50 bits per heavy atom. The van der Waals surface area contributed by atoms with Crippen LogP contribution in [0.3, 0.4) is 0 Å². The van der Waals surface area contributed by atoms with Crippen molar-refractivity contribution in [2.75, 3.05) is 13.1 Å². The van der Waals surface area contributed by atoms with Gasteiger partial charge in [0, 0.05) is 13.1 Å². The molecule has 0 aliphatic carbocycles. The van der Waals surface area contributed by atoms with E-state index in [1.54, 1.807) is 0 Å². The lowest BCUT2D eigenvalue weighted by Crippen LogP contribution is -2.41. The molecule has 1 aromatic carbocycles. The van der Waals surface area contributed by atoms with Gasteiger partial charge in [-0.1, -0.05) is 31.2 Å². The monoisotopic (exact) mass is 275 g/mol. The van der Waals surface area contributed by atoms with E-state index in [2.05, 4.69) is 6.58 Å². The highest BCUT2D eigenvalue weighted by Gasteiger charge is 2.23. The summed E-state index contributed by atoms with van der Waals surface area (Å²) in [6.45, 7) is 11.1. The molecule has 0 aliphatic rings. The van der Waals surface area contributed by atoms with Gasteiger partial charge in [0.1, 0.15) is 5.75 Å². The van der Waals surface area contributed by atoms with Crippen LogP contribution in [0.1, 0.15) is 32.8 Å². The maximum atomic E-state index is 12.4. The number of hydrogen-bond acceptors (Lipinski definition) is 2. The highest BCUT2D eigenvalue weighted by atomic mass is 16.5. The summed E-state index contributed by atoms with van der Waals surface area (Å²) in [7, 11) is 0. The minimum absolute atomic E-state index is 0.0610. The number of nitrogens with zero attached hydrogens (tertiary/aromatic N) is 1. The van der Waals surface area contributed by atoms with Crippen molar-refractivity contribution in [1.82, 2.24) is 4.90 Å². The fraction of sp³-hybridized carbons (Fsp3) is 0.471. The van der Waals surface area contributed by atoms with Gasteiger partial charge >= 0.3 is 0 Å². The van der Waals surface area contributed by atoms with Gasteiger partial charge in [0.25, 0.3) is 5.91 Å². The molecule has 1 rings (SSSR count). The number of ether oxygens (including phenoxy) is 1. The second kappa shape index (κ2) is 8.41. The molecule has 110 valence electrons. The van der Waals surface area contributed by atoms with Crippen molar-refractivity contribution in [3.63, 3.8) is 0 Å². The Hall–Kier alpha value is -1.77. The van der Waals surface area contributed by atoms with E-state index in [-0.39, 0.29) is 5.91 Å². The van der Waals surface area contributed by atoms with Crippen molar-refractivity contribution in [1.29, 1.82) is 0 Å². The SMILES string of the molecule is C=CCc1ccccc1O[C@H](CC)C(=O)N(CC)CC. The number of allylic oxidation sites excluding steroid dienone is 1. The van der Waals surface area contributed by atoms with Crippen molar-refractivity contribution in [2.45, 2.75) is 39.7 Å². The van der Waals surface area contributed by atoms with Gasteiger partial charge in [0.15, 0.2) is 6.10 Å². The number of benzene rings is 1. The molecule has 0 bridgehead atoms. The summed E-state index contributed by atoms with van der Waals surface area (Å²) in [5.41, 5.74) is 1.06. The standard InChI is InChI=1S/C17H25NO2/c1-5-11-14-12-9-10-13-16(14)20-15(6-2)17(19)18(7-3)8-4/h5,9-10,12-13,15H,1,6-8,11H2,2-4H3/t15-/m1/s1. The van der Waals surface area contributed by atoms with Gasteiger partial charge in [0.05, 0.1) is 0 Å². The lowest BCUT2D eigenvalue weighted by Gasteiger charge is -2.25. The van der Waals surface area contributed by atoms with Gasteiger partial charge in [-0.2, -0.15) is 0 Å². The largest absolute Gasteiger partial charge is 0.480 e. The van der Waals surface area contributed by atoms with Gasteiger partial charge in [-0.05, 0) is 38.3 Å². The topological polar surface area (TPSA) is 29.5 Å². The molecular weight excluding hydrogens is 250 g/mol.